The molecule has 1 heterocycles. The molecule has 1 atom stereocenters. The van der Waals surface area contributed by atoms with E-state index < -0.39 is 12.0 Å². The summed E-state index contributed by atoms with van der Waals surface area (Å²) in [5, 5.41) is 12.5. The van der Waals surface area contributed by atoms with Gasteiger partial charge in [0.25, 0.3) is 0 Å². The third kappa shape index (κ3) is 2.51. The number of carbonyl (C=O) groups is 1. The van der Waals surface area contributed by atoms with Gasteiger partial charge in [-0.15, -0.1) is 0 Å². The third-order valence-electron chi connectivity index (χ3n) is 4.65. The summed E-state index contributed by atoms with van der Waals surface area (Å²) in [6.45, 7) is 0.562. The summed E-state index contributed by atoms with van der Waals surface area (Å²) < 4.78 is 0. The second kappa shape index (κ2) is 5.84. The largest absolute Gasteiger partial charge is 0.480 e. The summed E-state index contributed by atoms with van der Waals surface area (Å²) in [5.74, 6) is -0.783. The van der Waals surface area contributed by atoms with Crippen LogP contribution >= 0.6 is 11.6 Å². The number of carboxylic acid groups (broad SMARTS) is 1. The lowest BCUT2D eigenvalue weighted by molar-refractivity contribution is -0.138. The lowest BCUT2D eigenvalue weighted by Gasteiger charge is -2.25. The van der Waals surface area contributed by atoms with Crippen LogP contribution in [0.25, 0.3) is 10.8 Å². The van der Waals surface area contributed by atoms with Crippen LogP contribution in [-0.4, -0.2) is 17.1 Å². The van der Waals surface area contributed by atoms with Crippen LogP contribution in [0.2, 0.25) is 5.02 Å². The molecule has 3 nitrogen and oxygen atoms in total. The highest BCUT2D eigenvalue weighted by atomic mass is 35.5. The van der Waals surface area contributed by atoms with Crippen LogP contribution in [0.15, 0.2) is 60.7 Å². The Kier molecular flexibility index (Phi) is 3.66. The molecule has 0 bridgehead atoms. The van der Waals surface area contributed by atoms with Gasteiger partial charge in [0, 0.05) is 23.7 Å². The third-order valence-corrected chi connectivity index (χ3v) is 4.88. The van der Waals surface area contributed by atoms with E-state index in [4.69, 9.17) is 11.6 Å². The predicted molar refractivity (Wildman–Crippen MR) is 96.7 cm³/mol. The van der Waals surface area contributed by atoms with Crippen molar-refractivity contribution in [3.05, 3.63) is 76.8 Å². The molecule has 0 fully saturated rings. The Morgan fingerprint density at radius 3 is 2.79 bits per heavy atom. The molecule has 120 valence electrons. The van der Waals surface area contributed by atoms with Crippen LogP contribution in [0.3, 0.4) is 0 Å². The summed E-state index contributed by atoms with van der Waals surface area (Å²) in [6, 6.07) is 19.3. The van der Waals surface area contributed by atoms with Crippen LogP contribution in [0.1, 0.15) is 11.1 Å². The van der Waals surface area contributed by atoms with Crippen molar-refractivity contribution in [3.63, 3.8) is 0 Å². The minimum absolute atomic E-state index is 0.523. The van der Waals surface area contributed by atoms with Gasteiger partial charge in [0.2, 0.25) is 0 Å². The standard InChI is InChI=1S/C20H16ClNO2/c21-16-8-9-17-13(10-16)5-3-6-15(17)12-22-18-7-2-1-4-14(18)11-19(22)20(23)24/h1-10,19H,11-12H2,(H,23,24). The molecule has 1 aliphatic rings. The zero-order chi connectivity index (χ0) is 16.7. The van der Waals surface area contributed by atoms with E-state index in [0.717, 1.165) is 27.6 Å². The highest BCUT2D eigenvalue weighted by molar-refractivity contribution is 6.31. The molecule has 0 saturated carbocycles. The maximum absolute atomic E-state index is 11.7. The number of aliphatic carboxylic acids is 1. The van der Waals surface area contributed by atoms with E-state index in [1.165, 1.54) is 0 Å². The predicted octanol–water partition coefficient (Wildman–Crippen LogP) is 4.51. The van der Waals surface area contributed by atoms with Crippen molar-refractivity contribution >= 4 is 34.0 Å². The molecule has 1 unspecified atom stereocenters. The quantitative estimate of drug-likeness (QED) is 0.764. The molecular formula is C20H16ClNO2. The smallest absolute Gasteiger partial charge is 0.326 e. The Balaban J connectivity index is 1.78. The SMILES string of the molecule is O=C(O)C1Cc2ccccc2N1Cc1cccc2cc(Cl)ccc12. The Bertz CT molecular complexity index is 938. The first-order valence-electron chi connectivity index (χ1n) is 7.88. The number of rotatable bonds is 3. The molecule has 4 rings (SSSR count). The summed E-state index contributed by atoms with van der Waals surface area (Å²) >= 11 is 6.08. The summed E-state index contributed by atoms with van der Waals surface area (Å²) in [7, 11) is 0. The number of carboxylic acids is 1. The number of nitrogens with zero attached hydrogens (tertiary/aromatic N) is 1. The minimum Gasteiger partial charge on any atom is -0.480 e. The second-order valence-electron chi connectivity index (χ2n) is 6.10. The fraction of sp³-hybridized carbons (Fsp3) is 0.150. The molecule has 0 radical (unpaired) electrons. The zero-order valence-corrected chi connectivity index (χ0v) is 13.7. The van der Waals surface area contributed by atoms with Crippen molar-refractivity contribution in [1.29, 1.82) is 0 Å². The summed E-state index contributed by atoms with van der Waals surface area (Å²) in [5.41, 5.74) is 3.20. The van der Waals surface area contributed by atoms with Gasteiger partial charge in [-0.2, -0.15) is 0 Å². The molecule has 24 heavy (non-hydrogen) atoms. The molecule has 0 aromatic heterocycles. The molecule has 0 spiro atoms. The topological polar surface area (TPSA) is 40.5 Å². The van der Waals surface area contributed by atoms with Crippen molar-refractivity contribution in [1.82, 2.24) is 0 Å². The number of para-hydroxylation sites is 1. The average molecular weight is 338 g/mol. The molecule has 1 N–H and O–H groups in total. The van der Waals surface area contributed by atoms with Crippen LogP contribution in [0.4, 0.5) is 5.69 Å². The van der Waals surface area contributed by atoms with Crippen molar-refractivity contribution in [2.45, 2.75) is 19.0 Å². The lowest BCUT2D eigenvalue weighted by Crippen LogP contribution is -2.38. The second-order valence-corrected chi connectivity index (χ2v) is 6.53. The van der Waals surface area contributed by atoms with E-state index in [2.05, 4.69) is 6.07 Å². The van der Waals surface area contributed by atoms with Gasteiger partial charge >= 0.3 is 5.97 Å². The van der Waals surface area contributed by atoms with Gasteiger partial charge in [0.1, 0.15) is 6.04 Å². The van der Waals surface area contributed by atoms with E-state index >= 15 is 0 Å². The molecule has 4 heteroatoms. The summed E-state index contributed by atoms with van der Waals surface area (Å²) in [4.78, 5) is 13.7. The Labute approximate surface area is 145 Å². The van der Waals surface area contributed by atoms with Gasteiger partial charge in [-0.05, 0) is 40.1 Å². The van der Waals surface area contributed by atoms with Crippen LogP contribution < -0.4 is 4.90 Å². The van der Waals surface area contributed by atoms with Crippen molar-refractivity contribution in [3.8, 4) is 0 Å². The average Bonchev–Trinajstić information content (AvgIpc) is 2.94. The van der Waals surface area contributed by atoms with Crippen LogP contribution in [0.5, 0.6) is 0 Å². The Morgan fingerprint density at radius 1 is 1.12 bits per heavy atom. The highest BCUT2D eigenvalue weighted by Crippen LogP contribution is 2.34. The van der Waals surface area contributed by atoms with E-state index in [0.29, 0.717) is 18.0 Å². The highest BCUT2D eigenvalue weighted by Gasteiger charge is 2.34. The first kappa shape index (κ1) is 15.0. The van der Waals surface area contributed by atoms with E-state index in [-0.39, 0.29) is 0 Å². The van der Waals surface area contributed by atoms with Crippen molar-refractivity contribution in [2.24, 2.45) is 0 Å². The Hall–Kier alpha value is -2.52. The van der Waals surface area contributed by atoms with Gasteiger partial charge in [-0.25, -0.2) is 4.79 Å². The molecular weight excluding hydrogens is 322 g/mol. The minimum atomic E-state index is -0.783. The van der Waals surface area contributed by atoms with E-state index in [9.17, 15) is 9.90 Å². The number of hydrogen-bond donors (Lipinski definition) is 1. The zero-order valence-electron chi connectivity index (χ0n) is 12.9. The number of benzene rings is 3. The molecule has 0 amide bonds. The summed E-state index contributed by atoms with van der Waals surface area (Å²) in [6.07, 6.45) is 0.544. The molecule has 0 aliphatic carbocycles. The maximum Gasteiger partial charge on any atom is 0.326 e. The fourth-order valence-electron chi connectivity index (χ4n) is 3.51. The maximum atomic E-state index is 11.7. The molecule has 3 aromatic carbocycles. The molecule has 1 aliphatic heterocycles. The van der Waals surface area contributed by atoms with Gasteiger partial charge in [-0.1, -0.05) is 54.1 Å². The van der Waals surface area contributed by atoms with E-state index in [1.807, 2.05) is 59.5 Å². The number of fused-ring (bicyclic) bond motifs is 2. The van der Waals surface area contributed by atoms with Crippen LogP contribution in [0, 0.1) is 0 Å². The van der Waals surface area contributed by atoms with Gasteiger partial charge < -0.3 is 10.0 Å². The number of anilines is 1. The first-order valence-corrected chi connectivity index (χ1v) is 8.26. The monoisotopic (exact) mass is 337 g/mol. The number of hydrogen-bond acceptors (Lipinski definition) is 2. The first-order chi connectivity index (χ1) is 11.6. The van der Waals surface area contributed by atoms with Gasteiger partial charge in [0.05, 0.1) is 0 Å². The van der Waals surface area contributed by atoms with Crippen molar-refractivity contribution < 1.29 is 9.90 Å². The molecule has 0 saturated heterocycles. The van der Waals surface area contributed by atoms with E-state index in [1.54, 1.807) is 0 Å². The van der Waals surface area contributed by atoms with Crippen LogP contribution in [-0.2, 0) is 17.8 Å². The van der Waals surface area contributed by atoms with Gasteiger partial charge in [0.15, 0.2) is 0 Å². The van der Waals surface area contributed by atoms with Gasteiger partial charge in [-0.3, -0.25) is 0 Å². The fourth-order valence-corrected chi connectivity index (χ4v) is 3.69. The normalized spacial score (nSPS) is 16.4. The van der Waals surface area contributed by atoms with Crippen molar-refractivity contribution in [2.75, 3.05) is 4.90 Å². The number of halogens is 1. The Morgan fingerprint density at radius 2 is 1.96 bits per heavy atom. The lowest BCUT2D eigenvalue weighted by atomic mass is 10.0. The molecule has 3 aromatic rings.